The maximum Gasteiger partial charge on any atom is 0.231 e. The Morgan fingerprint density at radius 2 is 2.20 bits per heavy atom. The van der Waals surface area contributed by atoms with Gasteiger partial charge in [-0.3, -0.25) is 9.59 Å². The van der Waals surface area contributed by atoms with Crippen LogP contribution in [0, 0.1) is 0 Å². The lowest BCUT2D eigenvalue weighted by molar-refractivity contribution is -0.135. The van der Waals surface area contributed by atoms with E-state index in [-0.39, 0.29) is 30.2 Å². The van der Waals surface area contributed by atoms with E-state index in [1.54, 1.807) is 0 Å². The second-order valence-corrected chi connectivity index (χ2v) is 5.46. The Morgan fingerprint density at radius 3 is 3.00 bits per heavy atom. The highest BCUT2D eigenvalue weighted by Crippen LogP contribution is 2.34. The molecule has 2 unspecified atom stereocenters. The van der Waals surface area contributed by atoms with Gasteiger partial charge < -0.3 is 16.0 Å². The van der Waals surface area contributed by atoms with Crippen LogP contribution in [0.1, 0.15) is 30.7 Å². The SMILES string of the molecule is NCC1CCCN1C(=O)C1CC(=O)Nc2ccccc21. The summed E-state index contributed by atoms with van der Waals surface area (Å²) in [6.07, 6.45) is 2.18. The number of anilines is 1. The van der Waals surface area contributed by atoms with Crippen LogP contribution in [0.4, 0.5) is 5.69 Å². The molecule has 0 bridgehead atoms. The Balaban J connectivity index is 1.90. The molecule has 0 radical (unpaired) electrons. The van der Waals surface area contributed by atoms with Crippen molar-refractivity contribution in [2.24, 2.45) is 5.73 Å². The maximum atomic E-state index is 12.8. The number of nitrogens with two attached hydrogens (primary N) is 1. The van der Waals surface area contributed by atoms with E-state index >= 15 is 0 Å². The van der Waals surface area contributed by atoms with E-state index in [1.165, 1.54) is 0 Å². The Hall–Kier alpha value is -1.88. The van der Waals surface area contributed by atoms with E-state index in [0.29, 0.717) is 6.54 Å². The summed E-state index contributed by atoms with van der Waals surface area (Å²) in [5.41, 5.74) is 7.41. The number of likely N-dealkylation sites (tertiary alicyclic amines) is 1. The first-order chi connectivity index (χ1) is 9.70. The van der Waals surface area contributed by atoms with Crippen LogP contribution in [0.15, 0.2) is 24.3 Å². The van der Waals surface area contributed by atoms with Gasteiger partial charge in [0.1, 0.15) is 0 Å². The molecule has 2 aliphatic heterocycles. The molecule has 3 rings (SSSR count). The number of benzene rings is 1. The zero-order valence-electron chi connectivity index (χ0n) is 11.3. The van der Waals surface area contributed by atoms with Gasteiger partial charge in [-0.15, -0.1) is 0 Å². The molecule has 0 spiro atoms. The predicted octanol–water partition coefficient (Wildman–Crippen LogP) is 1.06. The van der Waals surface area contributed by atoms with Crippen LogP contribution in [0.25, 0.3) is 0 Å². The number of carbonyl (C=O) groups is 2. The largest absolute Gasteiger partial charge is 0.338 e. The smallest absolute Gasteiger partial charge is 0.231 e. The van der Waals surface area contributed by atoms with Gasteiger partial charge >= 0.3 is 0 Å². The number of carbonyl (C=O) groups excluding carboxylic acids is 2. The van der Waals surface area contributed by atoms with Gasteiger partial charge in [-0.25, -0.2) is 0 Å². The number of fused-ring (bicyclic) bond motifs is 1. The van der Waals surface area contributed by atoms with Crippen molar-refractivity contribution in [2.45, 2.75) is 31.2 Å². The average Bonchev–Trinajstić information content (AvgIpc) is 2.94. The molecule has 1 aromatic carbocycles. The minimum Gasteiger partial charge on any atom is -0.338 e. The molecule has 2 atom stereocenters. The fourth-order valence-electron chi connectivity index (χ4n) is 3.20. The first kappa shape index (κ1) is 13.1. The minimum absolute atomic E-state index is 0.0419. The number of hydrogen-bond acceptors (Lipinski definition) is 3. The maximum absolute atomic E-state index is 12.8. The Bertz CT molecular complexity index is 544. The second kappa shape index (κ2) is 5.25. The summed E-state index contributed by atoms with van der Waals surface area (Å²) < 4.78 is 0. The van der Waals surface area contributed by atoms with Gasteiger partial charge in [0.05, 0.1) is 5.92 Å². The Kier molecular flexibility index (Phi) is 3.44. The van der Waals surface area contributed by atoms with Crippen molar-refractivity contribution in [1.29, 1.82) is 0 Å². The molecule has 1 aromatic rings. The molecular formula is C15H19N3O2. The summed E-state index contributed by atoms with van der Waals surface area (Å²) in [6, 6.07) is 7.66. The van der Waals surface area contributed by atoms with Gasteiger partial charge in [0, 0.05) is 31.2 Å². The zero-order valence-corrected chi connectivity index (χ0v) is 11.3. The molecule has 106 valence electrons. The van der Waals surface area contributed by atoms with Crippen molar-refractivity contribution >= 4 is 17.5 Å². The van der Waals surface area contributed by atoms with Crippen LogP contribution in [-0.2, 0) is 9.59 Å². The molecule has 2 amide bonds. The number of hydrogen-bond donors (Lipinski definition) is 2. The van der Waals surface area contributed by atoms with E-state index in [2.05, 4.69) is 5.32 Å². The first-order valence-corrected chi connectivity index (χ1v) is 7.10. The standard InChI is InChI=1S/C15H19N3O2/c16-9-10-4-3-7-18(10)15(20)12-8-14(19)17-13-6-2-1-5-11(12)13/h1-2,5-6,10,12H,3-4,7-9,16H2,(H,17,19). The van der Waals surface area contributed by atoms with Crippen LogP contribution in [0.5, 0.6) is 0 Å². The normalized spacial score (nSPS) is 25.2. The van der Waals surface area contributed by atoms with Crippen molar-refractivity contribution in [3.63, 3.8) is 0 Å². The predicted molar refractivity (Wildman–Crippen MR) is 76.2 cm³/mol. The third-order valence-corrected chi connectivity index (χ3v) is 4.23. The molecule has 1 saturated heterocycles. The molecule has 0 saturated carbocycles. The number of nitrogens with zero attached hydrogens (tertiary/aromatic N) is 1. The van der Waals surface area contributed by atoms with Gasteiger partial charge in [0.2, 0.25) is 11.8 Å². The van der Waals surface area contributed by atoms with Crippen molar-refractivity contribution in [1.82, 2.24) is 4.90 Å². The lowest BCUT2D eigenvalue weighted by Gasteiger charge is -2.31. The van der Waals surface area contributed by atoms with Crippen molar-refractivity contribution in [2.75, 3.05) is 18.4 Å². The minimum atomic E-state index is -0.368. The number of rotatable bonds is 2. The number of para-hydroxylation sites is 1. The highest BCUT2D eigenvalue weighted by Gasteiger charge is 2.37. The van der Waals surface area contributed by atoms with E-state index in [1.807, 2.05) is 29.2 Å². The van der Waals surface area contributed by atoms with Crippen LogP contribution in [-0.4, -0.2) is 35.8 Å². The van der Waals surface area contributed by atoms with Crippen LogP contribution >= 0.6 is 0 Å². The van der Waals surface area contributed by atoms with Gasteiger partial charge in [0.25, 0.3) is 0 Å². The van der Waals surface area contributed by atoms with Gasteiger partial charge in [0.15, 0.2) is 0 Å². The summed E-state index contributed by atoms with van der Waals surface area (Å²) in [7, 11) is 0. The van der Waals surface area contributed by atoms with Gasteiger partial charge in [-0.05, 0) is 24.5 Å². The molecule has 2 heterocycles. The van der Waals surface area contributed by atoms with Gasteiger partial charge in [-0.1, -0.05) is 18.2 Å². The van der Waals surface area contributed by atoms with Crippen molar-refractivity contribution < 1.29 is 9.59 Å². The molecule has 0 aliphatic carbocycles. The molecule has 3 N–H and O–H groups in total. The fourth-order valence-corrected chi connectivity index (χ4v) is 3.20. The molecule has 0 aromatic heterocycles. The lowest BCUT2D eigenvalue weighted by atomic mass is 9.89. The highest BCUT2D eigenvalue weighted by molar-refractivity contribution is 6.01. The molecular weight excluding hydrogens is 254 g/mol. The van der Waals surface area contributed by atoms with Gasteiger partial charge in [-0.2, -0.15) is 0 Å². The molecule has 20 heavy (non-hydrogen) atoms. The summed E-state index contributed by atoms with van der Waals surface area (Å²) in [4.78, 5) is 26.4. The van der Waals surface area contributed by atoms with Crippen LogP contribution in [0.2, 0.25) is 0 Å². The number of amides is 2. The number of nitrogens with one attached hydrogen (secondary N) is 1. The average molecular weight is 273 g/mol. The van der Waals surface area contributed by atoms with Crippen LogP contribution < -0.4 is 11.1 Å². The van der Waals surface area contributed by atoms with E-state index < -0.39 is 0 Å². The molecule has 1 fully saturated rings. The Morgan fingerprint density at radius 1 is 1.40 bits per heavy atom. The van der Waals surface area contributed by atoms with E-state index in [4.69, 9.17) is 5.73 Å². The molecule has 5 nitrogen and oxygen atoms in total. The molecule has 2 aliphatic rings. The quantitative estimate of drug-likeness (QED) is 0.846. The summed E-state index contributed by atoms with van der Waals surface area (Å²) in [6.45, 7) is 1.24. The highest BCUT2D eigenvalue weighted by atomic mass is 16.2. The van der Waals surface area contributed by atoms with Crippen molar-refractivity contribution in [3.05, 3.63) is 29.8 Å². The third-order valence-electron chi connectivity index (χ3n) is 4.23. The summed E-state index contributed by atoms with van der Waals surface area (Å²) >= 11 is 0. The zero-order chi connectivity index (χ0) is 14.1. The fraction of sp³-hybridized carbons (Fsp3) is 0.467. The molecule has 5 heteroatoms. The first-order valence-electron chi connectivity index (χ1n) is 7.10. The third kappa shape index (κ3) is 2.18. The summed E-state index contributed by atoms with van der Waals surface area (Å²) in [5, 5.41) is 2.83. The van der Waals surface area contributed by atoms with E-state index in [9.17, 15) is 9.59 Å². The second-order valence-electron chi connectivity index (χ2n) is 5.46. The Labute approximate surface area is 118 Å². The topological polar surface area (TPSA) is 75.4 Å². The van der Waals surface area contributed by atoms with E-state index in [0.717, 1.165) is 30.6 Å². The summed E-state index contributed by atoms with van der Waals surface area (Å²) in [5.74, 6) is -0.419. The lowest BCUT2D eigenvalue weighted by Crippen LogP contribution is -2.44. The van der Waals surface area contributed by atoms with Crippen molar-refractivity contribution in [3.8, 4) is 0 Å². The van der Waals surface area contributed by atoms with Crippen LogP contribution in [0.3, 0.4) is 0 Å². The monoisotopic (exact) mass is 273 g/mol.